The minimum atomic E-state index is -3.32. The van der Waals surface area contributed by atoms with Gasteiger partial charge in [0.15, 0.2) is 11.6 Å². The molecule has 2 fully saturated rings. The van der Waals surface area contributed by atoms with Crippen LogP contribution >= 0.6 is 0 Å². The molecular formula is C20H22F2N2O2S. The number of hydrogen-bond acceptors (Lipinski definition) is 3. The summed E-state index contributed by atoms with van der Waals surface area (Å²) in [6.07, 6.45) is 2.39. The predicted octanol–water partition coefficient (Wildman–Crippen LogP) is 3.73. The molecule has 2 aliphatic rings. The fourth-order valence-electron chi connectivity index (χ4n) is 3.84. The molecule has 0 unspecified atom stereocenters. The van der Waals surface area contributed by atoms with Crippen molar-refractivity contribution in [2.24, 2.45) is 0 Å². The molecule has 2 aromatic carbocycles. The van der Waals surface area contributed by atoms with E-state index in [-0.39, 0.29) is 17.2 Å². The van der Waals surface area contributed by atoms with E-state index in [2.05, 4.69) is 5.32 Å². The number of hydrogen-bond donors (Lipinski definition) is 1. The van der Waals surface area contributed by atoms with Crippen molar-refractivity contribution >= 4 is 15.7 Å². The van der Waals surface area contributed by atoms with Gasteiger partial charge in [-0.15, -0.1) is 0 Å². The first kappa shape index (κ1) is 18.4. The van der Waals surface area contributed by atoms with E-state index in [1.807, 2.05) is 30.3 Å². The first-order chi connectivity index (χ1) is 12.9. The van der Waals surface area contributed by atoms with Crippen LogP contribution < -0.4 is 5.32 Å². The maximum Gasteiger partial charge on any atom is 0.217 e. The average Bonchev–Trinajstić information content (AvgIpc) is 3.02. The van der Waals surface area contributed by atoms with Crippen molar-refractivity contribution in [3.63, 3.8) is 0 Å². The van der Waals surface area contributed by atoms with E-state index in [4.69, 9.17) is 0 Å². The molecule has 1 aliphatic heterocycles. The number of anilines is 1. The maximum absolute atomic E-state index is 13.6. The number of halogens is 2. The van der Waals surface area contributed by atoms with Gasteiger partial charge >= 0.3 is 0 Å². The lowest BCUT2D eigenvalue weighted by molar-refractivity contribution is 0.415. The molecule has 1 aliphatic carbocycles. The van der Waals surface area contributed by atoms with Gasteiger partial charge in [-0.3, -0.25) is 0 Å². The number of benzene rings is 2. The predicted molar refractivity (Wildman–Crippen MR) is 101 cm³/mol. The first-order valence-corrected chi connectivity index (χ1v) is 10.7. The fourth-order valence-corrected chi connectivity index (χ4v) is 5.93. The number of sulfonamides is 1. The summed E-state index contributed by atoms with van der Waals surface area (Å²) in [7, 11) is -3.32. The lowest BCUT2D eigenvalue weighted by atomic mass is 9.94. The van der Waals surface area contributed by atoms with E-state index >= 15 is 0 Å². The first-order valence-electron chi connectivity index (χ1n) is 9.20. The van der Waals surface area contributed by atoms with Crippen molar-refractivity contribution < 1.29 is 17.2 Å². The van der Waals surface area contributed by atoms with Crippen molar-refractivity contribution in [3.8, 4) is 0 Å². The standard InChI is InChI=1S/C20H22F2N2O2S/c21-18-10-9-15(11-19(18)22)23-20-13-24(27(25,26)16-7-4-8-16)12-17(20)14-5-2-1-3-6-14/h1-3,5-6,9-11,16-17,20,23H,4,7-8,12-13H2/t17-,20-/m0/s1. The van der Waals surface area contributed by atoms with Gasteiger partial charge in [0, 0.05) is 36.8 Å². The minimum absolute atomic E-state index is 0.0610. The average molecular weight is 392 g/mol. The lowest BCUT2D eigenvalue weighted by Crippen LogP contribution is -2.41. The van der Waals surface area contributed by atoms with Gasteiger partial charge in [-0.1, -0.05) is 36.8 Å². The molecule has 1 heterocycles. The summed E-state index contributed by atoms with van der Waals surface area (Å²) >= 11 is 0. The summed E-state index contributed by atoms with van der Waals surface area (Å²) in [6, 6.07) is 13.2. The van der Waals surface area contributed by atoms with Crippen LogP contribution in [-0.2, 0) is 10.0 Å². The molecule has 144 valence electrons. The molecule has 0 aromatic heterocycles. The van der Waals surface area contributed by atoms with E-state index in [9.17, 15) is 17.2 Å². The molecule has 2 aromatic rings. The van der Waals surface area contributed by atoms with Crippen molar-refractivity contribution in [2.45, 2.75) is 36.5 Å². The smallest absolute Gasteiger partial charge is 0.217 e. The summed E-state index contributed by atoms with van der Waals surface area (Å²) in [4.78, 5) is 0. The molecule has 4 nitrogen and oxygen atoms in total. The van der Waals surface area contributed by atoms with Gasteiger partial charge in [0.25, 0.3) is 0 Å². The highest BCUT2D eigenvalue weighted by Gasteiger charge is 2.44. The van der Waals surface area contributed by atoms with E-state index in [0.717, 1.165) is 37.0 Å². The molecule has 0 radical (unpaired) electrons. The summed E-state index contributed by atoms with van der Waals surface area (Å²) in [6.45, 7) is 0.710. The van der Waals surface area contributed by atoms with E-state index < -0.39 is 21.7 Å². The van der Waals surface area contributed by atoms with Gasteiger partial charge in [-0.2, -0.15) is 4.31 Å². The van der Waals surface area contributed by atoms with Crippen LogP contribution in [0.3, 0.4) is 0 Å². The minimum Gasteiger partial charge on any atom is -0.380 e. The zero-order chi connectivity index (χ0) is 19.0. The fraction of sp³-hybridized carbons (Fsp3) is 0.400. The summed E-state index contributed by atoms with van der Waals surface area (Å²) in [5.74, 6) is -1.89. The van der Waals surface area contributed by atoms with Crippen LogP contribution in [0.1, 0.15) is 30.7 Å². The third kappa shape index (κ3) is 3.58. The third-order valence-corrected chi connectivity index (χ3v) is 7.95. The van der Waals surface area contributed by atoms with Crippen LogP contribution in [0, 0.1) is 11.6 Å². The highest BCUT2D eigenvalue weighted by atomic mass is 32.2. The molecule has 0 amide bonds. The molecule has 7 heteroatoms. The Hall–Kier alpha value is -1.99. The Labute approximate surface area is 158 Å². The molecule has 4 rings (SSSR count). The Morgan fingerprint density at radius 1 is 0.963 bits per heavy atom. The van der Waals surface area contributed by atoms with Crippen molar-refractivity contribution in [1.29, 1.82) is 0 Å². The molecule has 1 N–H and O–H groups in total. The molecule has 1 saturated heterocycles. The van der Waals surface area contributed by atoms with Crippen LogP contribution in [0.2, 0.25) is 0 Å². The Balaban J connectivity index is 1.61. The highest BCUT2D eigenvalue weighted by Crippen LogP contribution is 2.36. The highest BCUT2D eigenvalue weighted by molar-refractivity contribution is 7.89. The maximum atomic E-state index is 13.6. The van der Waals surface area contributed by atoms with E-state index in [1.54, 1.807) is 4.31 Å². The normalized spacial score (nSPS) is 23.9. The van der Waals surface area contributed by atoms with E-state index in [0.29, 0.717) is 18.8 Å². The van der Waals surface area contributed by atoms with Gasteiger partial charge in [0.2, 0.25) is 10.0 Å². The molecule has 0 spiro atoms. The molecule has 2 atom stereocenters. The second-order valence-electron chi connectivity index (χ2n) is 7.31. The zero-order valence-corrected chi connectivity index (χ0v) is 15.6. The second-order valence-corrected chi connectivity index (χ2v) is 9.52. The summed E-state index contributed by atoms with van der Waals surface area (Å²) in [5, 5.41) is 2.94. The van der Waals surface area contributed by atoms with Crippen molar-refractivity contribution in [3.05, 3.63) is 65.7 Å². The molecule has 0 bridgehead atoms. The van der Waals surface area contributed by atoms with Gasteiger partial charge in [-0.25, -0.2) is 17.2 Å². The van der Waals surface area contributed by atoms with Crippen molar-refractivity contribution in [1.82, 2.24) is 4.31 Å². The van der Waals surface area contributed by atoms with Gasteiger partial charge in [0.05, 0.1) is 5.25 Å². The largest absolute Gasteiger partial charge is 0.380 e. The monoisotopic (exact) mass is 392 g/mol. The van der Waals surface area contributed by atoms with Crippen LogP contribution in [-0.4, -0.2) is 37.1 Å². The Kier molecular flexibility index (Phi) is 4.90. The Morgan fingerprint density at radius 3 is 2.33 bits per heavy atom. The van der Waals surface area contributed by atoms with Crippen LogP contribution in [0.5, 0.6) is 0 Å². The second kappa shape index (κ2) is 7.20. The SMILES string of the molecule is O=S(=O)(C1CCC1)N1C[C@H](Nc2ccc(F)c(F)c2)[C@H](c2ccccc2)C1. The zero-order valence-electron chi connectivity index (χ0n) is 14.8. The Morgan fingerprint density at radius 2 is 1.70 bits per heavy atom. The summed E-state index contributed by atoms with van der Waals surface area (Å²) in [5.41, 5.74) is 1.48. The summed E-state index contributed by atoms with van der Waals surface area (Å²) < 4.78 is 54.1. The number of rotatable bonds is 5. The van der Waals surface area contributed by atoms with Gasteiger partial charge < -0.3 is 5.32 Å². The Bertz CT molecular complexity index is 917. The quantitative estimate of drug-likeness (QED) is 0.844. The van der Waals surface area contributed by atoms with Gasteiger partial charge in [0.1, 0.15) is 0 Å². The van der Waals surface area contributed by atoms with Crippen LogP contribution in [0.25, 0.3) is 0 Å². The molecule has 1 saturated carbocycles. The molecular weight excluding hydrogens is 370 g/mol. The van der Waals surface area contributed by atoms with Crippen LogP contribution in [0.15, 0.2) is 48.5 Å². The topological polar surface area (TPSA) is 49.4 Å². The van der Waals surface area contributed by atoms with Gasteiger partial charge in [-0.05, 0) is 30.5 Å². The van der Waals surface area contributed by atoms with Crippen molar-refractivity contribution in [2.75, 3.05) is 18.4 Å². The van der Waals surface area contributed by atoms with Crippen LogP contribution in [0.4, 0.5) is 14.5 Å². The number of nitrogens with one attached hydrogen (secondary N) is 1. The third-order valence-electron chi connectivity index (χ3n) is 5.62. The van der Waals surface area contributed by atoms with E-state index in [1.165, 1.54) is 6.07 Å². The number of nitrogens with zero attached hydrogens (tertiary/aromatic N) is 1. The molecule has 27 heavy (non-hydrogen) atoms. The lowest BCUT2D eigenvalue weighted by Gasteiger charge is -2.29.